The molecule has 20 heavy (non-hydrogen) atoms. The molecule has 2 aromatic rings. The third-order valence-corrected chi connectivity index (χ3v) is 4.89. The number of methoxy groups -OCH3 is 1. The molecule has 2 aliphatic rings. The number of hydrogen-bond acceptors (Lipinski definition) is 4. The highest BCUT2D eigenvalue weighted by atomic mass is 32.1. The van der Waals surface area contributed by atoms with Crippen LogP contribution in [-0.2, 0) is 6.54 Å². The molecule has 2 aromatic heterocycles. The van der Waals surface area contributed by atoms with Crippen molar-refractivity contribution in [3.63, 3.8) is 0 Å². The molecule has 1 N–H and O–H groups in total. The molecule has 0 amide bonds. The van der Waals surface area contributed by atoms with Gasteiger partial charge in [-0.25, -0.2) is 4.98 Å². The van der Waals surface area contributed by atoms with E-state index in [9.17, 15) is 0 Å². The molecule has 0 aromatic carbocycles. The van der Waals surface area contributed by atoms with Crippen LogP contribution in [0, 0.1) is 22.5 Å². The van der Waals surface area contributed by atoms with Gasteiger partial charge in [-0.15, -0.1) is 0 Å². The van der Waals surface area contributed by atoms with Gasteiger partial charge < -0.3 is 14.3 Å². The van der Waals surface area contributed by atoms with Gasteiger partial charge in [-0.2, -0.15) is 4.98 Å². The Morgan fingerprint density at radius 3 is 2.65 bits per heavy atom. The van der Waals surface area contributed by atoms with E-state index in [1.807, 2.05) is 0 Å². The summed E-state index contributed by atoms with van der Waals surface area (Å²) in [5.41, 5.74) is 1.68. The number of aromatic nitrogens is 4. The van der Waals surface area contributed by atoms with Gasteiger partial charge in [0.05, 0.1) is 7.11 Å². The van der Waals surface area contributed by atoms with Gasteiger partial charge in [-0.3, -0.25) is 0 Å². The first kappa shape index (κ1) is 12.3. The predicted molar refractivity (Wildman–Crippen MR) is 78.2 cm³/mol. The summed E-state index contributed by atoms with van der Waals surface area (Å²) in [7, 11) is 1.62. The fourth-order valence-corrected chi connectivity index (χ4v) is 3.48. The molecule has 0 saturated heterocycles. The highest BCUT2D eigenvalue weighted by Gasteiger charge is 2.41. The van der Waals surface area contributed by atoms with E-state index in [-0.39, 0.29) is 0 Å². The maximum atomic E-state index is 5.48. The quantitative estimate of drug-likeness (QED) is 0.860. The summed E-state index contributed by atoms with van der Waals surface area (Å²) >= 11 is 5.48. The molecule has 6 heteroatoms. The maximum absolute atomic E-state index is 5.48. The number of nitrogens with zero attached hydrogens (tertiary/aromatic N) is 3. The lowest BCUT2D eigenvalue weighted by Crippen LogP contribution is -2.15. The van der Waals surface area contributed by atoms with Crippen molar-refractivity contribution < 1.29 is 4.74 Å². The summed E-state index contributed by atoms with van der Waals surface area (Å²) in [5.74, 6) is 3.13. The topological polar surface area (TPSA) is 55.7 Å². The van der Waals surface area contributed by atoms with Gasteiger partial charge in [-0.05, 0) is 55.7 Å². The van der Waals surface area contributed by atoms with Crippen LogP contribution in [0.3, 0.4) is 0 Å². The summed E-state index contributed by atoms with van der Waals surface area (Å²) in [6, 6.07) is 0. The molecule has 106 valence electrons. The summed E-state index contributed by atoms with van der Waals surface area (Å²) in [4.78, 5) is 11.7. The number of hydrogen-bond donors (Lipinski definition) is 1. The molecule has 2 saturated carbocycles. The first-order chi connectivity index (χ1) is 9.78. The molecular formula is C14H18N4OS. The monoisotopic (exact) mass is 290 g/mol. The van der Waals surface area contributed by atoms with E-state index in [1.165, 1.54) is 25.7 Å². The Hall–Kier alpha value is -1.43. The van der Waals surface area contributed by atoms with Gasteiger partial charge in [-0.1, -0.05) is 0 Å². The minimum atomic E-state index is 0.564. The van der Waals surface area contributed by atoms with Gasteiger partial charge in [0, 0.05) is 6.54 Å². The predicted octanol–water partition coefficient (Wildman–Crippen LogP) is 2.93. The molecule has 0 unspecified atom stereocenters. The van der Waals surface area contributed by atoms with E-state index in [2.05, 4.69) is 19.5 Å². The van der Waals surface area contributed by atoms with E-state index in [0.717, 1.165) is 40.2 Å². The van der Waals surface area contributed by atoms with Crippen LogP contribution in [0.15, 0.2) is 6.33 Å². The van der Waals surface area contributed by atoms with Gasteiger partial charge in [0.15, 0.2) is 10.4 Å². The molecule has 0 spiro atoms. The van der Waals surface area contributed by atoms with Crippen LogP contribution in [0.25, 0.3) is 11.2 Å². The molecule has 0 radical (unpaired) electrons. The molecule has 2 aliphatic carbocycles. The van der Waals surface area contributed by atoms with Crippen molar-refractivity contribution in [1.82, 2.24) is 19.5 Å². The third kappa shape index (κ3) is 2.02. The molecule has 4 rings (SSSR count). The summed E-state index contributed by atoms with van der Waals surface area (Å²) < 4.78 is 8.14. The Balaban J connectivity index is 1.75. The molecular weight excluding hydrogens is 272 g/mol. The Morgan fingerprint density at radius 2 is 2.05 bits per heavy atom. The molecule has 0 atom stereocenters. The Labute approximate surface area is 122 Å². The van der Waals surface area contributed by atoms with Crippen LogP contribution >= 0.6 is 12.2 Å². The second-order valence-electron chi connectivity index (χ2n) is 5.96. The lowest BCUT2D eigenvalue weighted by Gasteiger charge is -2.16. The zero-order valence-corrected chi connectivity index (χ0v) is 12.3. The highest BCUT2D eigenvalue weighted by molar-refractivity contribution is 7.71. The van der Waals surface area contributed by atoms with Gasteiger partial charge >= 0.3 is 0 Å². The standard InChI is InChI=1S/C14H18N4OS/c1-19-13-11-12(15-7-16-13)18(14(20)17-11)6-10(8-2-3-8)9-4-5-9/h7-10H,2-6H2,1H3,(H,17,20). The van der Waals surface area contributed by atoms with Crippen molar-refractivity contribution in [2.24, 2.45) is 17.8 Å². The van der Waals surface area contributed by atoms with E-state index >= 15 is 0 Å². The SMILES string of the molecule is COc1ncnc2c1[nH]c(=S)n2CC(C1CC1)C1CC1. The van der Waals surface area contributed by atoms with E-state index in [1.54, 1.807) is 13.4 Å². The number of nitrogens with one attached hydrogen (secondary N) is 1. The van der Waals surface area contributed by atoms with Crippen molar-refractivity contribution in [3.8, 4) is 5.88 Å². The van der Waals surface area contributed by atoms with E-state index in [4.69, 9.17) is 17.0 Å². The van der Waals surface area contributed by atoms with E-state index < -0.39 is 0 Å². The molecule has 0 bridgehead atoms. The van der Waals surface area contributed by atoms with Crippen molar-refractivity contribution in [1.29, 1.82) is 0 Å². The minimum absolute atomic E-state index is 0.564. The Kier molecular flexibility index (Phi) is 2.80. The number of ether oxygens (including phenoxy) is 1. The molecule has 2 heterocycles. The number of imidazole rings is 1. The Bertz CT molecular complexity index is 687. The second-order valence-corrected chi connectivity index (χ2v) is 6.35. The average Bonchev–Trinajstić information content (AvgIpc) is 3.34. The van der Waals surface area contributed by atoms with Crippen molar-refractivity contribution in [2.75, 3.05) is 7.11 Å². The second kappa shape index (κ2) is 4.55. The van der Waals surface area contributed by atoms with Crippen molar-refractivity contribution in [3.05, 3.63) is 11.1 Å². The first-order valence-corrected chi connectivity index (χ1v) is 7.66. The largest absolute Gasteiger partial charge is 0.479 e. The zero-order valence-electron chi connectivity index (χ0n) is 11.5. The average molecular weight is 290 g/mol. The van der Waals surface area contributed by atoms with E-state index in [0.29, 0.717) is 5.88 Å². The normalized spacial score (nSPS) is 18.9. The van der Waals surface area contributed by atoms with Gasteiger partial charge in [0.2, 0.25) is 5.88 Å². The lowest BCUT2D eigenvalue weighted by atomic mass is 9.98. The maximum Gasteiger partial charge on any atom is 0.242 e. The fourth-order valence-electron chi connectivity index (χ4n) is 3.21. The molecule has 2 fully saturated rings. The van der Waals surface area contributed by atoms with Gasteiger partial charge in [0.25, 0.3) is 0 Å². The highest BCUT2D eigenvalue weighted by Crippen LogP contribution is 2.50. The summed E-state index contributed by atoms with van der Waals surface area (Å²) in [6.45, 7) is 0.980. The van der Waals surface area contributed by atoms with Crippen LogP contribution in [0.1, 0.15) is 25.7 Å². The van der Waals surface area contributed by atoms with Crippen LogP contribution in [0.5, 0.6) is 5.88 Å². The van der Waals surface area contributed by atoms with Crippen LogP contribution in [0.2, 0.25) is 0 Å². The zero-order chi connectivity index (χ0) is 13.7. The molecule has 5 nitrogen and oxygen atoms in total. The Morgan fingerprint density at radius 1 is 1.35 bits per heavy atom. The smallest absolute Gasteiger partial charge is 0.242 e. The van der Waals surface area contributed by atoms with Crippen molar-refractivity contribution >= 4 is 23.4 Å². The number of rotatable bonds is 5. The molecule has 0 aliphatic heterocycles. The van der Waals surface area contributed by atoms with Crippen molar-refractivity contribution in [2.45, 2.75) is 32.2 Å². The third-order valence-electron chi connectivity index (χ3n) is 4.57. The number of H-pyrrole nitrogens is 1. The number of aromatic amines is 1. The first-order valence-electron chi connectivity index (χ1n) is 7.25. The summed E-state index contributed by atoms with van der Waals surface area (Å²) in [6.07, 6.45) is 7.08. The van der Waals surface area contributed by atoms with Gasteiger partial charge in [0.1, 0.15) is 11.8 Å². The minimum Gasteiger partial charge on any atom is -0.479 e. The lowest BCUT2D eigenvalue weighted by molar-refractivity contribution is 0.350. The van der Waals surface area contributed by atoms with Crippen LogP contribution in [-0.4, -0.2) is 26.6 Å². The van der Waals surface area contributed by atoms with Crippen LogP contribution in [0.4, 0.5) is 0 Å². The fraction of sp³-hybridized carbons (Fsp3) is 0.643. The summed E-state index contributed by atoms with van der Waals surface area (Å²) in [5, 5.41) is 0. The van der Waals surface area contributed by atoms with Crippen LogP contribution < -0.4 is 4.74 Å². The number of fused-ring (bicyclic) bond motifs is 1.